The molecule has 254 valence electrons. The van der Waals surface area contributed by atoms with Crippen molar-refractivity contribution >= 4 is 73.4 Å². The molecule has 4 aliphatic heterocycles. The van der Waals surface area contributed by atoms with Gasteiger partial charge in [0.25, 0.3) is 0 Å². The fourth-order valence-corrected chi connectivity index (χ4v) is 8.37. The van der Waals surface area contributed by atoms with Crippen LogP contribution in [0.1, 0.15) is 38.2 Å². The fraction of sp³-hybridized carbons (Fsp3) is 0.486. The van der Waals surface area contributed by atoms with Crippen LogP contribution in [0.2, 0.25) is 0 Å². The average molecular weight is 734 g/mol. The minimum atomic E-state index is 0.469. The number of aryl methyl sites for hydroxylation is 1. The molecular formula is C35H45BrN10OS. The maximum Gasteiger partial charge on any atom is 0.229 e. The van der Waals surface area contributed by atoms with Crippen LogP contribution >= 0.6 is 27.9 Å². The van der Waals surface area contributed by atoms with Crippen LogP contribution in [0.3, 0.4) is 0 Å². The number of likely N-dealkylation sites (N-methyl/N-ethyl adjacent to an activating group) is 1. The van der Waals surface area contributed by atoms with E-state index in [9.17, 15) is 0 Å². The molecule has 0 amide bonds. The van der Waals surface area contributed by atoms with Gasteiger partial charge in [-0.2, -0.15) is 4.98 Å². The molecule has 2 atom stereocenters. The number of methoxy groups -OCH3 is 1. The van der Waals surface area contributed by atoms with Gasteiger partial charge in [0.2, 0.25) is 5.95 Å². The Labute approximate surface area is 296 Å². The summed E-state index contributed by atoms with van der Waals surface area (Å²) in [4.78, 5) is 26.6. The smallest absolute Gasteiger partial charge is 0.229 e. The Morgan fingerprint density at radius 2 is 1.77 bits per heavy atom. The normalized spacial score (nSPS) is 20.3. The van der Waals surface area contributed by atoms with Crippen molar-refractivity contribution < 1.29 is 4.74 Å². The molecule has 4 fully saturated rings. The number of nitrogens with zero attached hydrogens (tertiary/aromatic N) is 8. The van der Waals surface area contributed by atoms with Crippen molar-refractivity contribution in [3.8, 4) is 5.75 Å². The largest absolute Gasteiger partial charge is 0.494 e. The minimum Gasteiger partial charge on any atom is -0.494 e. The molecule has 0 spiro atoms. The second kappa shape index (κ2) is 14.2. The summed E-state index contributed by atoms with van der Waals surface area (Å²) in [5.41, 5.74) is 6.84. The molecule has 2 unspecified atom stereocenters. The molecule has 8 rings (SSSR count). The van der Waals surface area contributed by atoms with E-state index in [1.807, 2.05) is 25.4 Å². The number of nitrogens with one attached hydrogen (secondary N) is 2. The fourth-order valence-electron chi connectivity index (χ4n) is 7.71. The lowest BCUT2D eigenvalue weighted by molar-refractivity contribution is -0.0360. The zero-order chi connectivity index (χ0) is 33.4. The van der Waals surface area contributed by atoms with Crippen molar-refractivity contribution in [1.82, 2.24) is 29.7 Å². The highest BCUT2D eigenvalue weighted by Crippen LogP contribution is 2.40. The van der Waals surface area contributed by atoms with Crippen molar-refractivity contribution in [2.45, 2.75) is 57.2 Å². The Hall–Kier alpha value is -3.39. The van der Waals surface area contributed by atoms with Crippen LogP contribution in [0.15, 0.2) is 47.3 Å². The van der Waals surface area contributed by atoms with E-state index in [1.54, 1.807) is 37.6 Å². The predicted octanol–water partition coefficient (Wildman–Crippen LogP) is 6.70. The molecule has 4 aromatic rings. The molecule has 0 radical (unpaired) electrons. The van der Waals surface area contributed by atoms with Gasteiger partial charge in [-0.3, -0.25) is 14.9 Å². The van der Waals surface area contributed by atoms with E-state index in [1.165, 1.54) is 50.0 Å². The van der Waals surface area contributed by atoms with Crippen molar-refractivity contribution in [2.75, 3.05) is 73.5 Å². The number of hydrogen-bond acceptors (Lipinski definition) is 12. The van der Waals surface area contributed by atoms with Crippen molar-refractivity contribution in [3.05, 3.63) is 52.9 Å². The van der Waals surface area contributed by atoms with Crippen LogP contribution in [0.25, 0.3) is 11.0 Å². The molecule has 4 saturated heterocycles. The number of anilines is 6. The van der Waals surface area contributed by atoms with E-state index < -0.39 is 0 Å². The van der Waals surface area contributed by atoms with Gasteiger partial charge in [0, 0.05) is 88.0 Å². The van der Waals surface area contributed by atoms with Gasteiger partial charge in [0.05, 0.1) is 34.2 Å². The lowest BCUT2D eigenvalue weighted by atomic mass is 9.88. The highest BCUT2D eigenvalue weighted by molar-refractivity contribution is 9.10. The third-order valence-corrected chi connectivity index (χ3v) is 11.7. The van der Waals surface area contributed by atoms with Crippen LogP contribution in [-0.2, 0) is 6.42 Å². The quantitative estimate of drug-likeness (QED) is 0.170. The zero-order valence-electron chi connectivity index (χ0n) is 28.4. The second-order valence-electron chi connectivity index (χ2n) is 13.0. The Balaban J connectivity index is 1.09. The SMILES string of the molecule is CCc1cc(Nc2ncc(Br)c(Nc3ccc4nccnc4c3N(C)SC)n2)c(OC)cc1N1CCC(N2CC3CCC2CN3C)CC1. The molecule has 48 heavy (non-hydrogen) atoms. The molecule has 2 N–H and O–H groups in total. The number of fused-ring (bicyclic) bond motifs is 4. The molecule has 6 heterocycles. The van der Waals surface area contributed by atoms with Gasteiger partial charge in [0.15, 0.2) is 0 Å². The first-order valence-corrected chi connectivity index (χ1v) is 18.8. The topological polar surface area (TPSA) is 97.8 Å². The third kappa shape index (κ3) is 6.49. The first-order chi connectivity index (χ1) is 23.4. The number of hydrogen-bond donors (Lipinski definition) is 2. The van der Waals surface area contributed by atoms with Crippen LogP contribution < -0.4 is 24.6 Å². The number of ether oxygens (including phenoxy) is 1. The molecule has 2 aromatic carbocycles. The number of piperidine rings is 3. The van der Waals surface area contributed by atoms with Gasteiger partial charge < -0.3 is 29.5 Å². The van der Waals surface area contributed by atoms with E-state index in [4.69, 9.17) is 9.72 Å². The van der Waals surface area contributed by atoms with Crippen LogP contribution in [-0.4, -0.2) is 102 Å². The lowest BCUT2D eigenvalue weighted by Gasteiger charge is -2.54. The maximum atomic E-state index is 5.95. The molecule has 0 aliphatic carbocycles. The molecule has 2 aromatic heterocycles. The van der Waals surface area contributed by atoms with Gasteiger partial charge in [-0.25, -0.2) is 4.98 Å². The summed E-state index contributed by atoms with van der Waals surface area (Å²) in [5.74, 6) is 1.88. The van der Waals surface area contributed by atoms with Crippen LogP contribution in [0.5, 0.6) is 5.75 Å². The summed E-state index contributed by atoms with van der Waals surface area (Å²) >= 11 is 5.25. The van der Waals surface area contributed by atoms with Crippen molar-refractivity contribution in [1.29, 1.82) is 0 Å². The summed E-state index contributed by atoms with van der Waals surface area (Å²) in [6, 6.07) is 10.5. The summed E-state index contributed by atoms with van der Waals surface area (Å²) in [6.45, 7) is 6.82. The molecular weight excluding hydrogens is 688 g/mol. The van der Waals surface area contributed by atoms with Gasteiger partial charge in [-0.15, -0.1) is 0 Å². The number of aromatic nitrogens is 4. The first-order valence-electron chi connectivity index (χ1n) is 16.9. The zero-order valence-corrected chi connectivity index (χ0v) is 30.8. The molecule has 2 bridgehead atoms. The first kappa shape index (κ1) is 33.1. The summed E-state index contributed by atoms with van der Waals surface area (Å²) < 4.78 is 8.77. The van der Waals surface area contributed by atoms with Crippen molar-refractivity contribution in [2.24, 2.45) is 0 Å². The number of halogens is 1. The average Bonchev–Trinajstić information content (AvgIpc) is 3.12. The van der Waals surface area contributed by atoms with Gasteiger partial charge in [-0.05, 0) is 78.8 Å². The van der Waals surface area contributed by atoms with E-state index >= 15 is 0 Å². The summed E-state index contributed by atoms with van der Waals surface area (Å²) in [6.07, 6.45) is 13.3. The Kier molecular flexibility index (Phi) is 9.82. The molecule has 4 aliphatic rings. The Bertz CT molecular complexity index is 1770. The molecule has 11 nitrogen and oxygen atoms in total. The monoisotopic (exact) mass is 732 g/mol. The van der Waals surface area contributed by atoms with Crippen molar-refractivity contribution in [3.63, 3.8) is 0 Å². The maximum absolute atomic E-state index is 5.95. The molecule has 0 saturated carbocycles. The lowest BCUT2D eigenvalue weighted by Crippen LogP contribution is -2.64. The minimum absolute atomic E-state index is 0.469. The molecule has 13 heteroatoms. The predicted molar refractivity (Wildman–Crippen MR) is 202 cm³/mol. The van der Waals surface area contributed by atoms with Crippen LogP contribution in [0, 0.1) is 0 Å². The number of piperazine rings is 1. The van der Waals surface area contributed by atoms with Crippen LogP contribution in [0.4, 0.5) is 34.5 Å². The van der Waals surface area contributed by atoms with Gasteiger partial charge in [-0.1, -0.05) is 18.9 Å². The van der Waals surface area contributed by atoms with Gasteiger partial charge >= 0.3 is 0 Å². The van der Waals surface area contributed by atoms with E-state index in [-0.39, 0.29) is 0 Å². The Morgan fingerprint density at radius 1 is 0.979 bits per heavy atom. The summed E-state index contributed by atoms with van der Waals surface area (Å²) in [7, 11) is 6.05. The van der Waals surface area contributed by atoms with E-state index in [0.717, 1.165) is 69.9 Å². The standard InChI is InChI=1S/C35H45BrN10OS/c1-6-22-17-29(31(47-4)18-30(22)45-15-11-23(12-16-45)46-21-24-7-8-25(46)20-43(24)2)41-35-39-19-26(36)34(42-35)40-28-10-9-27-32(38-14-13-37-27)33(28)44(3)48-5/h9-10,13-14,17-19,23-25H,6-8,11-12,15-16,20-21H2,1-5H3,(H2,39,40,41,42). The van der Waals surface area contributed by atoms with E-state index in [0.29, 0.717) is 17.8 Å². The number of rotatable bonds is 10. The highest BCUT2D eigenvalue weighted by Gasteiger charge is 2.41. The van der Waals surface area contributed by atoms with E-state index in [2.05, 4.69) is 86.6 Å². The number of benzene rings is 2. The Morgan fingerprint density at radius 3 is 2.48 bits per heavy atom. The third-order valence-electron chi connectivity index (χ3n) is 10.3. The second-order valence-corrected chi connectivity index (χ2v) is 14.7. The summed E-state index contributed by atoms with van der Waals surface area (Å²) in [5, 5.41) is 6.97. The highest BCUT2D eigenvalue weighted by atomic mass is 79.9. The van der Waals surface area contributed by atoms with Gasteiger partial charge in [0.1, 0.15) is 17.1 Å².